The molecule has 0 amide bonds. The fraction of sp³-hybridized carbons (Fsp3) is 0.188. The number of ketones is 1. The highest BCUT2D eigenvalue weighted by atomic mass is 79.9. The summed E-state index contributed by atoms with van der Waals surface area (Å²) in [7, 11) is 0. The third-order valence-corrected chi connectivity index (χ3v) is 3.91. The fourth-order valence-corrected chi connectivity index (χ4v) is 2.81. The Hall–Kier alpha value is -2.01. The highest BCUT2D eigenvalue weighted by Crippen LogP contribution is 2.25. The van der Waals surface area contributed by atoms with Crippen molar-refractivity contribution in [2.24, 2.45) is 0 Å². The summed E-state index contributed by atoms with van der Waals surface area (Å²) < 4.78 is 2.43. The topological polar surface area (TPSA) is 47.8 Å². The van der Waals surface area contributed by atoms with Crippen LogP contribution < -0.4 is 0 Å². The number of carbonyl (C=O) groups excluding carboxylic acids is 1. The number of benzene rings is 1. The molecular formula is C16H14BrN3O. The number of nitrogens with zero attached hydrogens (tertiary/aromatic N) is 3. The van der Waals surface area contributed by atoms with Gasteiger partial charge in [0.2, 0.25) is 5.78 Å². The lowest BCUT2D eigenvalue weighted by molar-refractivity contribution is 0.102. The number of fused-ring (bicyclic) bond motifs is 1. The quantitative estimate of drug-likeness (QED) is 0.675. The van der Waals surface area contributed by atoms with Gasteiger partial charge in [0, 0.05) is 17.6 Å². The number of pyridine rings is 1. The summed E-state index contributed by atoms with van der Waals surface area (Å²) in [5.74, 6) is -0.0719. The van der Waals surface area contributed by atoms with Gasteiger partial charge in [-0.05, 0) is 41.9 Å². The Morgan fingerprint density at radius 2 is 2.00 bits per heavy atom. The zero-order chi connectivity index (χ0) is 15.0. The van der Waals surface area contributed by atoms with E-state index in [0.29, 0.717) is 21.2 Å². The molecule has 2 aromatic heterocycles. The number of aromatic nitrogens is 3. The lowest BCUT2D eigenvalue weighted by atomic mass is 10.0. The fourth-order valence-electron chi connectivity index (χ4n) is 2.36. The van der Waals surface area contributed by atoms with E-state index in [1.54, 1.807) is 17.1 Å². The number of para-hydroxylation sites is 1. The molecule has 0 saturated heterocycles. The number of rotatable bonds is 3. The van der Waals surface area contributed by atoms with E-state index < -0.39 is 0 Å². The Balaban J connectivity index is 2.20. The minimum absolute atomic E-state index is 0.0719. The van der Waals surface area contributed by atoms with Crippen molar-refractivity contribution in [1.29, 1.82) is 0 Å². The Bertz CT molecular complexity index is 818. The molecule has 2 heterocycles. The molecule has 0 aliphatic heterocycles. The molecule has 3 aromatic rings. The average molecular weight is 344 g/mol. The Morgan fingerprint density at radius 1 is 1.24 bits per heavy atom. The van der Waals surface area contributed by atoms with E-state index in [4.69, 9.17) is 0 Å². The van der Waals surface area contributed by atoms with Crippen molar-refractivity contribution in [2.45, 2.75) is 19.9 Å². The molecule has 0 atom stereocenters. The molecule has 1 aromatic carbocycles. The van der Waals surface area contributed by atoms with Crippen LogP contribution in [0.2, 0.25) is 0 Å². The molecule has 5 heteroatoms. The summed E-state index contributed by atoms with van der Waals surface area (Å²) in [6.07, 6.45) is 3.36. The van der Waals surface area contributed by atoms with Crippen LogP contribution >= 0.6 is 15.9 Å². The predicted octanol–water partition coefficient (Wildman–Crippen LogP) is 4.01. The van der Waals surface area contributed by atoms with Crippen molar-refractivity contribution in [3.63, 3.8) is 0 Å². The van der Waals surface area contributed by atoms with Gasteiger partial charge in [-0.25, -0.2) is 0 Å². The van der Waals surface area contributed by atoms with Gasteiger partial charge in [-0.3, -0.25) is 14.5 Å². The second-order valence-electron chi connectivity index (χ2n) is 5.09. The van der Waals surface area contributed by atoms with E-state index in [9.17, 15) is 4.79 Å². The van der Waals surface area contributed by atoms with Crippen LogP contribution in [0.25, 0.3) is 10.9 Å². The van der Waals surface area contributed by atoms with E-state index in [0.717, 1.165) is 5.39 Å². The molecule has 3 rings (SSSR count). The van der Waals surface area contributed by atoms with Crippen molar-refractivity contribution in [3.8, 4) is 0 Å². The largest absolute Gasteiger partial charge is 0.287 e. The third-order valence-electron chi connectivity index (χ3n) is 3.33. The van der Waals surface area contributed by atoms with Crippen LogP contribution in [0.15, 0.2) is 47.2 Å². The van der Waals surface area contributed by atoms with Crippen LogP contribution in [-0.4, -0.2) is 20.5 Å². The molecule has 0 radical (unpaired) electrons. The summed E-state index contributed by atoms with van der Waals surface area (Å²) in [5.41, 5.74) is 1.87. The molecular weight excluding hydrogens is 330 g/mol. The van der Waals surface area contributed by atoms with Gasteiger partial charge in [0.25, 0.3) is 0 Å². The number of halogens is 1. The van der Waals surface area contributed by atoms with E-state index >= 15 is 0 Å². The normalized spacial score (nSPS) is 11.2. The van der Waals surface area contributed by atoms with Gasteiger partial charge in [-0.15, -0.1) is 0 Å². The van der Waals surface area contributed by atoms with Crippen molar-refractivity contribution in [2.75, 3.05) is 0 Å². The smallest absolute Gasteiger partial charge is 0.214 e. The first-order valence-electron chi connectivity index (χ1n) is 6.71. The van der Waals surface area contributed by atoms with Crippen molar-refractivity contribution in [3.05, 3.63) is 58.5 Å². The van der Waals surface area contributed by atoms with Gasteiger partial charge in [0.1, 0.15) is 5.69 Å². The number of hydrogen-bond acceptors (Lipinski definition) is 3. The summed E-state index contributed by atoms with van der Waals surface area (Å²) >= 11 is 3.42. The van der Waals surface area contributed by atoms with Crippen LogP contribution in [0, 0.1) is 0 Å². The van der Waals surface area contributed by atoms with Gasteiger partial charge in [0.05, 0.1) is 21.7 Å². The van der Waals surface area contributed by atoms with Crippen LogP contribution in [0.5, 0.6) is 0 Å². The molecule has 0 aliphatic rings. The molecule has 106 valence electrons. The van der Waals surface area contributed by atoms with E-state index in [-0.39, 0.29) is 11.8 Å². The zero-order valence-electron chi connectivity index (χ0n) is 11.7. The van der Waals surface area contributed by atoms with E-state index in [2.05, 4.69) is 26.0 Å². The molecule has 0 saturated carbocycles. The van der Waals surface area contributed by atoms with Gasteiger partial charge in [-0.1, -0.05) is 18.2 Å². The number of carbonyl (C=O) groups is 1. The lowest BCUT2D eigenvalue weighted by Crippen LogP contribution is -2.14. The SMILES string of the molecule is CC(C)n1ncc(Br)c1C(=O)c1cccc2cccnc12. The van der Waals surface area contributed by atoms with Crippen LogP contribution in [0.4, 0.5) is 0 Å². The molecule has 0 N–H and O–H groups in total. The first-order chi connectivity index (χ1) is 10.1. The van der Waals surface area contributed by atoms with Gasteiger partial charge >= 0.3 is 0 Å². The van der Waals surface area contributed by atoms with Gasteiger partial charge in [0.15, 0.2) is 0 Å². The maximum atomic E-state index is 12.9. The van der Waals surface area contributed by atoms with Crippen LogP contribution in [0.3, 0.4) is 0 Å². The molecule has 0 aliphatic carbocycles. The second-order valence-corrected chi connectivity index (χ2v) is 5.94. The minimum atomic E-state index is -0.0719. The molecule has 4 nitrogen and oxygen atoms in total. The van der Waals surface area contributed by atoms with Crippen molar-refractivity contribution >= 4 is 32.6 Å². The maximum absolute atomic E-state index is 12.9. The minimum Gasteiger partial charge on any atom is -0.287 e. The van der Waals surface area contributed by atoms with Gasteiger partial charge in [-0.2, -0.15) is 5.10 Å². The Kier molecular flexibility index (Phi) is 3.59. The monoisotopic (exact) mass is 343 g/mol. The first kappa shape index (κ1) is 13.9. The molecule has 0 bridgehead atoms. The molecule has 21 heavy (non-hydrogen) atoms. The molecule has 0 unspecified atom stereocenters. The molecule has 0 spiro atoms. The Morgan fingerprint density at radius 3 is 2.76 bits per heavy atom. The third kappa shape index (κ3) is 2.38. The average Bonchev–Trinajstić information content (AvgIpc) is 2.88. The summed E-state index contributed by atoms with van der Waals surface area (Å²) in [4.78, 5) is 17.3. The van der Waals surface area contributed by atoms with Crippen LogP contribution in [-0.2, 0) is 0 Å². The van der Waals surface area contributed by atoms with Crippen LogP contribution in [0.1, 0.15) is 35.9 Å². The lowest BCUT2D eigenvalue weighted by Gasteiger charge is -2.11. The standard InChI is InChI=1S/C16H14BrN3O/c1-10(2)20-15(13(17)9-19-20)16(21)12-7-3-5-11-6-4-8-18-14(11)12/h3-10H,1-2H3. The molecule has 0 fully saturated rings. The highest BCUT2D eigenvalue weighted by molar-refractivity contribution is 9.10. The predicted molar refractivity (Wildman–Crippen MR) is 85.5 cm³/mol. The summed E-state index contributed by atoms with van der Waals surface area (Å²) in [6, 6.07) is 9.56. The highest BCUT2D eigenvalue weighted by Gasteiger charge is 2.22. The second kappa shape index (κ2) is 5.41. The summed E-state index contributed by atoms with van der Waals surface area (Å²) in [5, 5.41) is 5.22. The Labute approximate surface area is 130 Å². The van der Waals surface area contributed by atoms with Crippen molar-refractivity contribution in [1.82, 2.24) is 14.8 Å². The van der Waals surface area contributed by atoms with E-state index in [1.807, 2.05) is 44.2 Å². The zero-order valence-corrected chi connectivity index (χ0v) is 13.3. The van der Waals surface area contributed by atoms with Crippen molar-refractivity contribution < 1.29 is 4.79 Å². The van der Waals surface area contributed by atoms with Gasteiger partial charge < -0.3 is 0 Å². The number of hydrogen-bond donors (Lipinski definition) is 0. The van der Waals surface area contributed by atoms with E-state index in [1.165, 1.54) is 0 Å². The first-order valence-corrected chi connectivity index (χ1v) is 7.50. The summed E-state index contributed by atoms with van der Waals surface area (Å²) in [6.45, 7) is 4.00. The maximum Gasteiger partial charge on any atom is 0.214 e.